The first-order valence-corrected chi connectivity index (χ1v) is 5.31. The summed E-state index contributed by atoms with van der Waals surface area (Å²) in [4.78, 5) is 34.8. The maximum absolute atomic E-state index is 11.9. The predicted molar refractivity (Wildman–Crippen MR) is 66.9 cm³/mol. The second-order valence-electron chi connectivity index (χ2n) is 3.89. The Labute approximate surface area is 105 Å². The van der Waals surface area contributed by atoms with Gasteiger partial charge < -0.3 is 16.0 Å². The molecule has 0 bridgehead atoms. The number of likely N-dealkylation sites (N-methyl/N-ethyl adjacent to an activating group) is 1. The fourth-order valence-corrected chi connectivity index (χ4v) is 1.46. The number of primary amides is 1. The van der Waals surface area contributed by atoms with Gasteiger partial charge in [0.2, 0.25) is 11.8 Å². The first-order chi connectivity index (χ1) is 8.40. The van der Waals surface area contributed by atoms with Gasteiger partial charge in [-0.05, 0) is 18.2 Å². The van der Waals surface area contributed by atoms with Crippen molar-refractivity contribution in [2.45, 2.75) is 6.92 Å². The van der Waals surface area contributed by atoms with Crippen LogP contribution in [0, 0.1) is 0 Å². The minimum atomic E-state index is -0.580. The molecule has 0 aliphatic carbocycles. The highest BCUT2D eigenvalue weighted by atomic mass is 16.2. The molecule has 0 spiro atoms. The van der Waals surface area contributed by atoms with Crippen molar-refractivity contribution in [2.75, 3.05) is 18.9 Å². The molecule has 0 heterocycles. The number of carbonyl (C=O) groups is 3. The molecule has 0 saturated carbocycles. The first kappa shape index (κ1) is 13.7. The standard InChI is InChI=1S/C12H15N3O3/c1-8(16)14-10-5-3-4-9(6-10)12(18)15(2)7-11(13)17/h3-6H,7H2,1-2H3,(H2,13,17)(H,14,16). The Morgan fingerprint density at radius 3 is 2.56 bits per heavy atom. The minimum absolute atomic E-state index is 0.150. The molecule has 3 N–H and O–H groups in total. The van der Waals surface area contributed by atoms with Crippen LogP contribution in [0.1, 0.15) is 17.3 Å². The number of nitrogens with two attached hydrogens (primary N) is 1. The van der Waals surface area contributed by atoms with Crippen molar-refractivity contribution in [3.63, 3.8) is 0 Å². The van der Waals surface area contributed by atoms with Gasteiger partial charge in [0, 0.05) is 25.2 Å². The lowest BCUT2D eigenvalue weighted by molar-refractivity contribution is -0.118. The van der Waals surface area contributed by atoms with Crippen molar-refractivity contribution in [1.29, 1.82) is 0 Å². The van der Waals surface area contributed by atoms with Crippen molar-refractivity contribution in [2.24, 2.45) is 5.73 Å². The molecule has 6 heteroatoms. The Balaban J connectivity index is 2.85. The van der Waals surface area contributed by atoms with Gasteiger partial charge >= 0.3 is 0 Å². The summed E-state index contributed by atoms with van der Waals surface area (Å²) < 4.78 is 0. The highest BCUT2D eigenvalue weighted by Gasteiger charge is 2.13. The lowest BCUT2D eigenvalue weighted by Crippen LogP contribution is -2.35. The fraction of sp³-hybridized carbons (Fsp3) is 0.250. The number of benzene rings is 1. The van der Waals surface area contributed by atoms with Crippen LogP contribution in [0.2, 0.25) is 0 Å². The molecule has 0 radical (unpaired) electrons. The van der Waals surface area contributed by atoms with E-state index in [1.165, 1.54) is 18.9 Å². The number of anilines is 1. The molecule has 1 rings (SSSR count). The maximum Gasteiger partial charge on any atom is 0.254 e. The van der Waals surface area contributed by atoms with Crippen LogP contribution in [-0.4, -0.2) is 36.2 Å². The maximum atomic E-state index is 11.9. The summed E-state index contributed by atoms with van der Waals surface area (Å²) in [6.07, 6.45) is 0. The van der Waals surface area contributed by atoms with Crippen molar-refractivity contribution in [1.82, 2.24) is 4.90 Å². The van der Waals surface area contributed by atoms with Crippen molar-refractivity contribution in [3.05, 3.63) is 29.8 Å². The van der Waals surface area contributed by atoms with E-state index in [2.05, 4.69) is 5.32 Å². The third-order valence-corrected chi connectivity index (χ3v) is 2.17. The molecule has 96 valence electrons. The molecule has 0 saturated heterocycles. The number of hydrogen-bond acceptors (Lipinski definition) is 3. The second-order valence-corrected chi connectivity index (χ2v) is 3.89. The molecule has 6 nitrogen and oxygen atoms in total. The molecule has 0 aliphatic rings. The number of carbonyl (C=O) groups excluding carboxylic acids is 3. The van der Waals surface area contributed by atoms with E-state index in [-0.39, 0.29) is 18.4 Å². The largest absolute Gasteiger partial charge is 0.368 e. The van der Waals surface area contributed by atoms with E-state index in [0.29, 0.717) is 11.3 Å². The molecule has 0 atom stereocenters. The summed E-state index contributed by atoms with van der Waals surface area (Å²) in [6.45, 7) is 1.23. The number of nitrogens with one attached hydrogen (secondary N) is 1. The average molecular weight is 249 g/mol. The molecule has 1 aromatic rings. The van der Waals surface area contributed by atoms with Crippen LogP contribution < -0.4 is 11.1 Å². The van der Waals surface area contributed by atoms with Crippen molar-refractivity contribution >= 4 is 23.4 Å². The number of rotatable bonds is 4. The number of nitrogens with zero attached hydrogens (tertiary/aromatic N) is 1. The van der Waals surface area contributed by atoms with Gasteiger partial charge in [-0.2, -0.15) is 0 Å². The third-order valence-electron chi connectivity index (χ3n) is 2.17. The van der Waals surface area contributed by atoms with Crippen LogP contribution in [0.5, 0.6) is 0 Å². The van der Waals surface area contributed by atoms with Crippen LogP contribution in [0.3, 0.4) is 0 Å². The van der Waals surface area contributed by atoms with E-state index in [9.17, 15) is 14.4 Å². The topological polar surface area (TPSA) is 92.5 Å². The quantitative estimate of drug-likeness (QED) is 0.798. The molecule has 18 heavy (non-hydrogen) atoms. The highest BCUT2D eigenvalue weighted by molar-refractivity contribution is 5.98. The average Bonchev–Trinajstić information content (AvgIpc) is 2.26. The van der Waals surface area contributed by atoms with E-state index in [1.54, 1.807) is 24.3 Å². The second kappa shape index (κ2) is 5.81. The molecule has 0 unspecified atom stereocenters. The van der Waals surface area contributed by atoms with E-state index in [0.717, 1.165) is 0 Å². The van der Waals surface area contributed by atoms with Crippen LogP contribution in [0.4, 0.5) is 5.69 Å². The van der Waals surface area contributed by atoms with Gasteiger partial charge in [0.15, 0.2) is 0 Å². The smallest absolute Gasteiger partial charge is 0.254 e. The van der Waals surface area contributed by atoms with E-state index >= 15 is 0 Å². The third kappa shape index (κ3) is 3.89. The molecular formula is C12H15N3O3. The van der Waals surface area contributed by atoms with Gasteiger partial charge in [-0.1, -0.05) is 6.07 Å². The minimum Gasteiger partial charge on any atom is -0.368 e. The van der Waals surface area contributed by atoms with Gasteiger partial charge in [-0.25, -0.2) is 0 Å². The summed E-state index contributed by atoms with van der Waals surface area (Å²) in [7, 11) is 1.48. The Hall–Kier alpha value is -2.37. The fourth-order valence-electron chi connectivity index (χ4n) is 1.46. The zero-order valence-electron chi connectivity index (χ0n) is 10.3. The van der Waals surface area contributed by atoms with E-state index < -0.39 is 5.91 Å². The number of hydrogen-bond donors (Lipinski definition) is 2. The first-order valence-electron chi connectivity index (χ1n) is 5.31. The monoisotopic (exact) mass is 249 g/mol. The highest BCUT2D eigenvalue weighted by Crippen LogP contribution is 2.12. The zero-order chi connectivity index (χ0) is 13.7. The Kier molecular flexibility index (Phi) is 4.42. The Morgan fingerprint density at radius 1 is 1.33 bits per heavy atom. The summed E-state index contributed by atoms with van der Waals surface area (Å²) in [5.74, 6) is -1.13. The molecule has 3 amide bonds. The molecule has 1 aromatic carbocycles. The van der Waals surface area contributed by atoms with Crippen LogP contribution in [0.25, 0.3) is 0 Å². The summed E-state index contributed by atoms with van der Waals surface area (Å²) in [6, 6.07) is 6.47. The van der Waals surface area contributed by atoms with Crippen molar-refractivity contribution < 1.29 is 14.4 Å². The van der Waals surface area contributed by atoms with Gasteiger partial charge in [0.05, 0.1) is 6.54 Å². The summed E-state index contributed by atoms with van der Waals surface area (Å²) in [5.41, 5.74) is 5.92. The van der Waals surface area contributed by atoms with Gasteiger partial charge in [-0.15, -0.1) is 0 Å². The molecule has 0 fully saturated rings. The summed E-state index contributed by atoms with van der Waals surface area (Å²) >= 11 is 0. The Morgan fingerprint density at radius 2 is 2.00 bits per heavy atom. The zero-order valence-corrected chi connectivity index (χ0v) is 10.3. The lowest BCUT2D eigenvalue weighted by Gasteiger charge is -2.15. The normalized spacial score (nSPS) is 9.67. The Bertz CT molecular complexity index is 485. The van der Waals surface area contributed by atoms with E-state index in [1.807, 2.05) is 0 Å². The van der Waals surface area contributed by atoms with Crippen LogP contribution in [-0.2, 0) is 9.59 Å². The SMILES string of the molecule is CC(=O)Nc1cccc(C(=O)N(C)CC(N)=O)c1. The van der Waals surface area contributed by atoms with Gasteiger partial charge in [0.1, 0.15) is 0 Å². The lowest BCUT2D eigenvalue weighted by atomic mass is 10.1. The summed E-state index contributed by atoms with van der Waals surface area (Å²) in [5, 5.41) is 2.58. The molecule has 0 aromatic heterocycles. The van der Waals surface area contributed by atoms with Crippen LogP contribution >= 0.6 is 0 Å². The van der Waals surface area contributed by atoms with Gasteiger partial charge in [-0.3, -0.25) is 14.4 Å². The molecular weight excluding hydrogens is 234 g/mol. The molecule has 0 aliphatic heterocycles. The van der Waals surface area contributed by atoms with Crippen LogP contribution in [0.15, 0.2) is 24.3 Å². The van der Waals surface area contributed by atoms with E-state index in [4.69, 9.17) is 5.73 Å². The van der Waals surface area contributed by atoms with Gasteiger partial charge in [0.25, 0.3) is 5.91 Å². The number of amides is 3. The van der Waals surface area contributed by atoms with Crippen molar-refractivity contribution in [3.8, 4) is 0 Å². The predicted octanol–water partition coefficient (Wildman–Crippen LogP) is 0.202.